The summed E-state index contributed by atoms with van der Waals surface area (Å²) in [6, 6.07) is -0.264. The topological polar surface area (TPSA) is 49.4 Å². The zero-order valence-corrected chi connectivity index (χ0v) is 13.3. The van der Waals surface area contributed by atoms with Crippen LogP contribution in [0.3, 0.4) is 0 Å². The maximum Gasteiger partial charge on any atom is 0.248 e. The van der Waals surface area contributed by atoms with Gasteiger partial charge < -0.3 is 10.2 Å². The summed E-state index contributed by atoms with van der Waals surface area (Å²) >= 11 is 0. The quantitative estimate of drug-likeness (QED) is 0.849. The number of rotatable bonds is 4. The first-order valence-corrected chi connectivity index (χ1v) is 7.22. The van der Waals surface area contributed by atoms with E-state index >= 15 is 0 Å². The lowest BCUT2D eigenvalue weighted by Gasteiger charge is -2.47. The van der Waals surface area contributed by atoms with Gasteiger partial charge in [0, 0.05) is 6.04 Å². The van der Waals surface area contributed by atoms with Gasteiger partial charge in [0.2, 0.25) is 11.8 Å². The molecular weight excluding hydrogens is 240 g/mol. The van der Waals surface area contributed by atoms with Crippen molar-refractivity contribution in [1.82, 2.24) is 10.2 Å². The molecule has 2 unspecified atom stereocenters. The first kappa shape index (κ1) is 16.0. The van der Waals surface area contributed by atoms with Crippen LogP contribution in [0.25, 0.3) is 0 Å². The van der Waals surface area contributed by atoms with Gasteiger partial charge in [0.1, 0.15) is 11.6 Å². The average Bonchev–Trinajstić information content (AvgIpc) is 2.20. The molecule has 1 N–H and O–H groups in total. The fraction of sp³-hybridized carbons (Fsp3) is 0.867. The Morgan fingerprint density at radius 3 is 2.11 bits per heavy atom. The zero-order chi connectivity index (χ0) is 15.0. The Hall–Kier alpha value is -1.06. The van der Waals surface area contributed by atoms with E-state index in [1.807, 2.05) is 25.7 Å². The van der Waals surface area contributed by atoms with E-state index in [1.54, 1.807) is 13.8 Å². The molecule has 2 atom stereocenters. The number of hydrogen-bond donors (Lipinski definition) is 1. The molecule has 0 saturated carbocycles. The molecule has 1 saturated heterocycles. The molecule has 4 nitrogen and oxygen atoms in total. The predicted octanol–water partition coefficient (Wildman–Crippen LogP) is 2.18. The molecule has 110 valence electrons. The van der Waals surface area contributed by atoms with Crippen LogP contribution in [0, 0.1) is 11.8 Å². The maximum atomic E-state index is 12.6. The van der Waals surface area contributed by atoms with Gasteiger partial charge in [-0.1, -0.05) is 27.7 Å². The Balaban J connectivity index is 3.09. The summed E-state index contributed by atoms with van der Waals surface area (Å²) in [6.07, 6.45) is 0.915. The molecule has 0 aliphatic carbocycles. The van der Waals surface area contributed by atoms with E-state index in [4.69, 9.17) is 0 Å². The van der Waals surface area contributed by atoms with E-state index in [0.717, 1.165) is 6.42 Å². The Morgan fingerprint density at radius 2 is 1.68 bits per heavy atom. The summed E-state index contributed by atoms with van der Waals surface area (Å²) in [5, 5.41) is 2.84. The summed E-state index contributed by atoms with van der Waals surface area (Å²) in [7, 11) is 0. The molecular formula is C15H28N2O2. The van der Waals surface area contributed by atoms with Crippen LogP contribution in [0.2, 0.25) is 0 Å². The number of carbonyl (C=O) groups is 2. The summed E-state index contributed by atoms with van der Waals surface area (Å²) in [5.74, 6) is 0.618. The van der Waals surface area contributed by atoms with Crippen molar-refractivity contribution in [1.29, 1.82) is 0 Å². The first-order valence-electron chi connectivity index (χ1n) is 7.22. The molecule has 1 aliphatic heterocycles. The standard InChI is InChI=1S/C15H28N2O2/c1-9(2)8-11(5)17-12(10(3)4)13(18)16-15(6,7)14(17)19/h9-12H,8H2,1-7H3,(H,16,18). The van der Waals surface area contributed by atoms with Crippen molar-refractivity contribution >= 4 is 11.8 Å². The third-order valence-corrected chi connectivity index (χ3v) is 3.69. The maximum absolute atomic E-state index is 12.6. The molecule has 1 aliphatic rings. The Labute approximate surface area is 116 Å². The van der Waals surface area contributed by atoms with Gasteiger partial charge in [-0.3, -0.25) is 9.59 Å². The van der Waals surface area contributed by atoms with Crippen LogP contribution in [0.15, 0.2) is 0 Å². The number of amides is 2. The average molecular weight is 268 g/mol. The highest BCUT2D eigenvalue weighted by molar-refractivity contribution is 5.99. The highest BCUT2D eigenvalue weighted by Crippen LogP contribution is 2.27. The second-order valence-corrected chi connectivity index (χ2v) is 6.99. The molecule has 0 aromatic heterocycles. The second-order valence-electron chi connectivity index (χ2n) is 6.99. The molecule has 1 rings (SSSR count). The van der Waals surface area contributed by atoms with Crippen LogP contribution < -0.4 is 5.32 Å². The van der Waals surface area contributed by atoms with Crippen LogP contribution in [0.4, 0.5) is 0 Å². The Kier molecular flexibility index (Phi) is 4.64. The number of nitrogens with one attached hydrogen (secondary N) is 1. The molecule has 0 spiro atoms. The van der Waals surface area contributed by atoms with Crippen molar-refractivity contribution in [3.05, 3.63) is 0 Å². The van der Waals surface area contributed by atoms with Gasteiger partial charge in [0.25, 0.3) is 0 Å². The minimum atomic E-state index is -0.798. The third kappa shape index (κ3) is 3.28. The smallest absolute Gasteiger partial charge is 0.248 e. The van der Waals surface area contributed by atoms with Crippen molar-refractivity contribution < 1.29 is 9.59 Å². The minimum absolute atomic E-state index is 0.0268. The SMILES string of the molecule is CC(C)CC(C)N1C(=O)C(C)(C)NC(=O)C1C(C)C. The van der Waals surface area contributed by atoms with Crippen molar-refractivity contribution in [2.75, 3.05) is 0 Å². The van der Waals surface area contributed by atoms with Crippen LogP contribution in [0.5, 0.6) is 0 Å². The monoisotopic (exact) mass is 268 g/mol. The molecule has 0 bridgehead atoms. The molecule has 1 heterocycles. The Morgan fingerprint density at radius 1 is 1.16 bits per heavy atom. The van der Waals surface area contributed by atoms with Gasteiger partial charge in [-0.15, -0.1) is 0 Å². The molecule has 0 aromatic carbocycles. The third-order valence-electron chi connectivity index (χ3n) is 3.69. The lowest BCUT2D eigenvalue weighted by molar-refractivity contribution is -0.158. The van der Waals surface area contributed by atoms with E-state index in [2.05, 4.69) is 19.2 Å². The largest absolute Gasteiger partial charge is 0.340 e. The van der Waals surface area contributed by atoms with E-state index < -0.39 is 5.54 Å². The lowest BCUT2D eigenvalue weighted by Crippen LogP contribution is -2.70. The molecule has 0 radical (unpaired) electrons. The number of piperazine rings is 1. The van der Waals surface area contributed by atoms with Crippen molar-refractivity contribution in [3.8, 4) is 0 Å². The number of hydrogen-bond acceptors (Lipinski definition) is 2. The fourth-order valence-electron chi connectivity index (χ4n) is 2.90. The highest BCUT2D eigenvalue weighted by Gasteiger charge is 2.47. The molecule has 2 amide bonds. The minimum Gasteiger partial charge on any atom is -0.340 e. The molecule has 0 aromatic rings. The normalized spacial score (nSPS) is 24.9. The van der Waals surface area contributed by atoms with Crippen LogP contribution in [-0.2, 0) is 9.59 Å². The Bertz CT molecular complexity index is 361. The highest BCUT2D eigenvalue weighted by atomic mass is 16.2. The summed E-state index contributed by atoms with van der Waals surface area (Å²) < 4.78 is 0. The molecule has 1 fully saturated rings. The van der Waals surface area contributed by atoms with E-state index in [0.29, 0.717) is 5.92 Å². The first-order chi connectivity index (χ1) is 8.58. The van der Waals surface area contributed by atoms with Gasteiger partial charge >= 0.3 is 0 Å². The fourth-order valence-corrected chi connectivity index (χ4v) is 2.90. The summed E-state index contributed by atoms with van der Waals surface area (Å²) in [5.41, 5.74) is -0.798. The van der Waals surface area contributed by atoms with Crippen molar-refractivity contribution in [2.45, 2.75) is 72.5 Å². The van der Waals surface area contributed by atoms with Gasteiger partial charge in [-0.05, 0) is 39.0 Å². The molecule has 4 heteroatoms. The number of carbonyl (C=O) groups excluding carboxylic acids is 2. The van der Waals surface area contributed by atoms with Crippen LogP contribution in [0.1, 0.15) is 54.9 Å². The van der Waals surface area contributed by atoms with Gasteiger partial charge in [-0.25, -0.2) is 0 Å². The van der Waals surface area contributed by atoms with Crippen LogP contribution >= 0.6 is 0 Å². The lowest BCUT2D eigenvalue weighted by atomic mass is 9.88. The summed E-state index contributed by atoms with van der Waals surface area (Å²) in [4.78, 5) is 26.7. The van der Waals surface area contributed by atoms with Gasteiger partial charge in [0.05, 0.1) is 0 Å². The van der Waals surface area contributed by atoms with E-state index in [-0.39, 0.29) is 29.8 Å². The van der Waals surface area contributed by atoms with E-state index in [9.17, 15) is 9.59 Å². The van der Waals surface area contributed by atoms with E-state index in [1.165, 1.54) is 0 Å². The van der Waals surface area contributed by atoms with Gasteiger partial charge in [0.15, 0.2) is 0 Å². The van der Waals surface area contributed by atoms with Crippen molar-refractivity contribution in [2.24, 2.45) is 11.8 Å². The second kappa shape index (κ2) is 5.51. The van der Waals surface area contributed by atoms with Crippen molar-refractivity contribution in [3.63, 3.8) is 0 Å². The molecule has 19 heavy (non-hydrogen) atoms. The van der Waals surface area contributed by atoms with Crippen LogP contribution in [-0.4, -0.2) is 34.3 Å². The summed E-state index contributed by atoms with van der Waals surface area (Å²) in [6.45, 7) is 13.9. The number of nitrogens with zero attached hydrogens (tertiary/aromatic N) is 1. The van der Waals surface area contributed by atoms with Gasteiger partial charge in [-0.2, -0.15) is 0 Å². The predicted molar refractivity (Wildman–Crippen MR) is 76.6 cm³/mol. The zero-order valence-electron chi connectivity index (χ0n) is 13.3.